The van der Waals surface area contributed by atoms with E-state index in [-0.39, 0.29) is 28.6 Å². The molecule has 3 aromatic carbocycles. The van der Waals surface area contributed by atoms with Gasteiger partial charge in [0.1, 0.15) is 0 Å². The Labute approximate surface area is 169 Å². The Hall–Kier alpha value is -2.57. The van der Waals surface area contributed by atoms with Crippen molar-refractivity contribution in [1.29, 1.82) is 0 Å². The highest BCUT2D eigenvalue weighted by molar-refractivity contribution is 7.92. The van der Waals surface area contributed by atoms with Crippen molar-refractivity contribution < 1.29 is 17.9 Å². The zero-order valence-electron chi connectivity index (χ0n) is 15.6. The number of fused-ring (bicyclic) bond motifs is 1. The number of benzene rings is 3. The predicted molar refractivity (Wildman–Crippen MR) is 112 cm³/mol. The monoisotopic (exact) mass is 417 g/mol. The van der Waals surface area contributed by atoms with Crippen LogP contribution in [0.5, 0.6) is 0 Å². The molecule has 28 heavy (non-hydrogen) atoms. The van der Waals surface area contributed by atoms with E-state index in [1.165, 1.54) is 16.4 Å². The van der Waals surface area contributed by atoms with Gasteiger partial charge < -0.3 is 4.74 Å². The molecular weight excluding hydrogens is 398 g/mol. The van der Waals surface area contributed by atoms with E-state index in [1.807, 2.05) is 24.3 Å². The van der Waals surface area contributed by atoms with Crippen molar-refractivity contribution in [2.75, 3.05) is 17.5 Å². The fraction of sp³-hybridized carbons (Fsp3) is 0.190. The average molecular weight is 418 g/mol. The molecule has 0 spiro atoms. The predicted octanol–water partition coefficient (Wildman–Crippen LogP) is 4.89. The number of rotatable bonds is 6. The summed E-state index contributed by atoms with van der Waals surface area (Å²) in [4.78, 5) is 12.1. The van der Waals surface area contributed by atoms with Crippen LogP contribution in [0.15, 0.2) is 65.6 Å². The highest BCUT2D eigenvalue weighted by atomic mass is 35.5. The Morgan fingerprint density at radius 3 is 2.36 bits per heavy atom. The van der Waals surface area contributed by atoms with Gasteiger partial charge in [0.15, 0.2) is 0 Å². The van der Waals surface area contributed by atoms with Gasteiger partial charge in [0.2, 0.25) is 0 Å². The molecule has 7 heteroatoms. The quantitative estimate of drug-likeness (QED) is 0.536. The summed E-state index contributed by atoms with van der Waals surface area (Å²) < 4.78 is 32.7. The van der Waals surface area contributed by atoms with Crippen LogP contribution in [0.25, 0.3) is 10.8 Å². The van der Waals surface area contributed by atoms with Gasteiger partial charge in [0.25, 0.3) is 10.0 Å². The maximum Gasteiger partial charge on any atom is 0.339 e. The van der Waals surface area contributed by atoms with E-state index in [0.717, 1.165) is 10.8 Å². The largest absolute Gasteiger partial charge is 0.462 e. The summed E-state index contributed by atoms with van der Waals surface area (Å²) in [7, 11) is -3.80. The van der Waals surface area contributed by atoms with Crippen molar-refractivity contribution in [1.82, 2.24) is 0 Å². The zero-order chi connectivity index (χ0) is 20.3. The van der Waals surface area contributed by atoms with Crippen molar-refractivity contribution in [3.63, 3.8) is 0 Å². The van der Waals surface area contributed by atoms with Gasteiger partial charge in [0.05, 0.1) is 27.8 Å². The lowest BCUT2D eigenvalue weighted by Gasteiger charge is -2.23. The van der Waals surface area contributed by atoms with Crippen molar-refractivity contribution in [2.45, 2.75) is 18.7 Å². The minimum atomic E-state index is -3.80. The molecular formula is C21H20ClNO4S. The number of nitrogens with zero attached hydrogens (tertiary/aromatic N) is 1. The number of halogens is 1. The number of carbonyl (C=O) groups is 1. The molecule has 0 bridgehead atoms. The van der Waals surface area contributed by atoms with Gasteiger partial charge >= 0.3 is 5.97 Å². The van der Waals surface area contributed by atoms with Crippen molar-refractivity contribution in [3.8, 4) is 0 Å². The summed E-state index contributed by atoms with van der Waals surface area (Å²) in [6.07, 6.45) is 0. The van der Waals surface area contributed by atoms with Gasteiger partial charge in [-0.2, -0.15) is 0 Å². The van der Waals surface area contributed by atoms with Crippen LogP contribution in [0, 0.1) is 0 Å². The molecule has 0 N–H and O–H groups in total. The van der Waals surface area contributed by atoms with Gasteiger partial charge in [-0.05, 0) is 55.0 Å². The Bertz CT molecular complexity index is 1130. The standard InChI is InChI=1S/C21H20ClNO4S/c1-3-23(17-10-12-19(20(22)14-17)21(24)27-4-2)28(25,26)18-11-9-15-7-5-6-8-16(15)13-18/h5-14H,3-4H2,1-2H3. The second kappa shape index (κ2) is 8.20. The van der Waals surface area contributed by atoms with Gasteiger partial charge in [-0.1, -0.05) is 41.9 Å². The summed E-state index contributed by atoms with van der Waals surface area (Å²) in [5.41, 5.74) is 0.583. The molecule has 0 amide bonds. The fourth-order valence-corrected chi connectivity index (χ4v) is 4.73. The molecule has 0 unspecified atom stereocenters. The number of sulfonamides is 1. The Kier molecular flexibility index (Phi) is 5.91. The van der Waals surface area contributed by atoms with Crippen molar-refractivity contribution in [3.05, 3.63) is 71.2 Å². The van der Waals surface area contributed by atoms with E-state index in [2.05, 4.69) is 0 Å². The molecule has 0 saturated carbocycles. The first-order valence-electron chi connectivity index (χ1n) is 8.86. The fourth-order valence-electron chi connectivity index (χ4n) is 2.98. The number of carbonyl (C=O) groups excluding carboxylic acids is 1. The molecule has 0 radical (unpaired) electrons. The first-order chi connectivity index (χ1) is 13.4. The average Bonchev–Trinajstić information content (AvgIpc) is 2.68. The van der Waals surface area contributed by atoms with Gasteiger partial charge in [-0.3, -0.25) is 4.31 Å². The second-order valence-electron chi connectivity index (χ2n) is 6.06. The van der Waals surface area contributed by atoms with Crippen LogP contribution in [0.3, 0.4) is 0 Å². The van der Waals surface area contributed by atoms with Gasteiger partial charge in [-0.25, -0.2) is 13.2 Å². The first-order valence-corrected chi connectivity index (χ1v) is 10.7. The summed E-state index contributed by atoms with van der Waals surface area (Å²) in [6.45, 7) is 3.89. The van der Waals surface area contributed by atoms with Crippen LogP contribution in [0.2, 0.25) is 5.02 Å². The number of ether oxygens (including phenoxy) is 1. The van der Waals surface area contributed by atoms with E-state index in [4.69, 9.17) is 16.3 Å². The molecule has 3 rings (SSSR count). The third-order valence-electron chi connectivity index (χ3n) is 4.33. The normalized spacial score (nSPS) is 11.4. The number of hydrogen-bond donors (Lipinski definition) is 0. The first kappa shape index (κ1) is 20.2. The van der Waals surface area contributed by atoms with Crippen LogP contribution in [-0.4, -0.2) is 27.5 Å². The maximum atomic E-state index is 13.2. The Morgan fingerprint density at radius 1 is 1.00 bits per heavy atom. The lowest BCUT2D eigenvalue weighted by atomic mass is 10.1. The third kappa shape index (κ3) is 3.84. The molecule has 0 heterocycles. The SMILES string of the molecule is CCOC(=O)c1ccc(N(CC)S(=O)(=O)c2ccc3ccccc3c2)cc1Cl. The Balaban J connectivity index is 2.01. The van der Waals surface area contributed by atoms with Crippen molar-refractivity contribution >= 4 is 44.1 Å². The minimum Gasteiger partial charge on any atom is -0.462 e. The van der Waals surface area contributed by atoms with E-state index >= 15 is 0 Å². The number of esters is 1. The van der Waals surface area contributed by atoms with Gasteiger partial charge in [-0.15, -0.1) is 0 Å². The summed E-state index contributed by atoms with van der Waals surface area (Å²) in [5.74, 6) is -0.542. The molecule has 0 saturated heterocycles. The highest BCUT2D eigenvalue weighted by Gasteiger charge is 2.25. The second-order valence-corrected chi connectivity index (χ2v) is 8.33. The molecule has 0 aliphatic rings. The van der Waals surface area contributed by atoms with Crippen LogP contribution in [0.1, 0.15) is 24.2 Å². The molecule has 0 fully saturated rings. The van der Waals surface area contributed by atoms with E-state index in [0.29, 0.717) is 5.69 Å². The minimum absolute atomic E-state index is 0.142. The summed E-state index contributed by atoms with van der Waals surface area (Å²) >= 11 is 6.21. The molecule has 146 valence electrons. The van der Waals surface area contributed by atoms with Crippen LogP contribution >= 0.6 is 11.6 Å². The smallest absolute Gasteiger partial charge is 0.339 e. The molecule has 5 nitrogen and oxygen atoms in total. The Morgan fingerprint density at radius 2 is 1.71 bits per heavy atom. The van der Waals surface area contributed by atoms with E-state index in [9.17, 15) is 13.2 Å². The van der Waals surface area contributed by atoms with Crippen LogP contribution in [-0.2, 0) is 14.8 Å². The van der Waals surface area contributed by atoms with E-state index < -0.39 is 16.0 Å². The van der Waals surface area contributed by atoms with E-state index in [1.54, 1.807) is 38.1 Å². The lowest BCUT2D eigenvalue weighted by molar-refractivity contribution is 0.0526. The molecule has 0 aromatic heterocycles. The maximum absolute atomic E-state index is 13.2. The number of hydrogen-bond acceptors (Lipinski definition) is 4. The summed E-state index contributed by atoms with van der Waals surface area (Å²) in [6, 6.07) is 17.1. The molecule has 0 aliphatic heterocycles. The van der Waals surface area contributed by atoms with Crippen LogP contribution < -0.4 is 4.31 Å². The highest BCUT2D eigenvalue weighted by Crippen LogP contribution is 2.29. The van der Waals surface area contributed by atoms with Crippen molar-refractivity contribution in [2.24, 2.45) is 0 Å². The molecule has 0 atom stereocenters. The third-order valence-corrected chi connectivity index (χ3v) is 6.54. The molecule has 0 aliphatic carbocycles. The number of anilines is 1. The topological polar surface area (TPSA) is 63.7 Å². The lowest BCUT2D eigenvalue weighted by Crippen LogP contribution is -2.30. The van der Waals surface area contributed by atoms with Crippen LogP contribution in [0.4, 0.5) is 5.69 Å². The zero-order valence-corrected chi connectivity index (χ0v) is 17.1. The summed E-state index contributed by atoms with van der Waals surface area (Å²) in [5, 5.41) is 1.95. The molecule has 3 aromatic rings. The van der Waals surface area contributed by atoms with Gasteiger partial charge in [0, 0.05) is 6.54 Å².